The Hall–Kier alpha value is -1.85. The van der Waals surface area contributed by atoms with Crippen LogP contribution in [0.15, 0.2) is 61.2 Å². The van der Waals surface area contributed by atoms with E-state index in [1.807, 2.05) is 53.4 Å². The van der Waals surface area contributed by atoms with Crippen molar-refractivity contribution in [2.75, 3.05) is 13.2 Å². The second-order valence-corrected chi connectivity index (χ2v) is 10.7. The normalized spacial score (nSPS) is 22.0. The first kappa shape index (κ1) is 26.7. The number of allylic oxidation sites excluding steroid dienone is 1. The molecule has 0 spiro atoms. The van der Waals surface area contributed by atoms with Gasteiger partial charge in [-0.1, -0.05) is 53.5 Å². The molecule has 0 aliphatic carbocycles. The first-order chi connectivity index (χ1) is 16.1. The van der Waals surface area contributed by atoms with Gasteiger partial charge in [0.15, 0.2) is 0 Å². The molecule has 0 saturated carbocycles. The Labute approximate surface area is 213 Å². The van der Waals surface area contributed by atoms with E-state index in [-0.39, 0.29) is 36.4 Å². The molecule has 1 aliphatic heterocycles. The highest BCUT2D eigenvalue weighted by molar-refractivity contribution is 6.30. The maximum Gasteiger partial charge on any atom is 0.226 e. The van der Waals surface area contributed by atoms with Crippen LogP contribution in [-0.4, -0.2) is 40.8 Å². The topological polar surface area (TPSA) is 49.8 Å². The highest BCUT2D eigenvalue weighted by Crippen LogP contribution is 2.47. The molecule has 34 heavy (non-hydrogen) atoms. The van der Waals surface area contributed by atoms with Crippen LogP contribution in [0.1, 0.15) is 63.1 Å². The van der Waals surface area contributed by atoms with Crippen LogP contribution in [0, 0.1) is 5.92 Å². The van der Waals surface area contributed by atoms with Gasteiger partial charge in [-0.15, -0.1) is 6.58 Å². The molecule has 0 bridgehead atoms. The van der Waals surface area contributed by atoms with Crippen LogP contribution in [0.3, 0.4) is 0 Å². The number of benzene rings is 2. The largest absolute Gasteiger partial charge is 0.388 e. The third kappa shape index (κ3) is 6.85. The first-order valence-electron chi connectivity index (χ1n) is 11.8. The molecular weight excluding hydrogens is 469 g/mol. The van der Waals surface area contributed by atoms with Crippen LogP contribution >= 0.6 is 23.2 Å². The molecule has 184 valence electrons. The maximum absolute atomic E-state index is 13.8. The Morgan fingerprint density at radius 2 is 1.88 bits per heavy atom. The lowest BCUT2D eigenvalue weighted by Crippen LogP contribution is -2.51. The van der Waals surface area contributed by atoms with Gasteiger partial charge in [0.05, 0.1) is 18.2 Å². The fourth-order valence-electron chi connectivity index (χ4n) is 4.79. The van der Waals surface area contributed by atoms with Gasteiger partial charge in [-0.2, -0.15) is 0 Å². The Bertz CT molecular complexity index is 970. The maximum atomic E-state index is 13.8. The number of carbonyl (C=O) groups is 1. The third-order valence-corrected chi connectivity index (χ3v) is 6.86. The molecule has 1 fully saturated rings. The number of aliphatic hydroxyl groups is 1. The van der Waals surface area contributed by atoms with Crippen LogP contribution in [0.25, 0.3) is 0 Å². The molecule has 1 amide bonds. The summed E-state index contributed by atoms with van der Waals surface area (Å²) < 4.78 is 5.71. The molecule has 2 aromatic carbocycles. The molecule has 6 heteroatoms. The van der Waals surface area contributed by atoms with Crippen molar-refractivity contribution in [2.45, 2.75) is 63.6 Å². The van der Waals surface area contributed by atoms with E-state index in [0.717, 1.165) is 17.5 Å². The Morgan fingerprint density at radius 3 is 2.50 bits per heavy atom. The van der Waals surface area contributed by atoms with Crippen LogP contribution in [0.5, 0.6) is 0 Å². The van der Waals surface area contributed by atoms with Gasteiger partial charge in [0.25, 0.3) is 0 Å². The minimum atomic E-state index is -0.886. The van der Waals surface area contributed by atoms with Crippen molar-refractivity contribution in [3.8, 4) is 0 Å². The minimum absolute atomic E-state index is 0.0655. The van der Waals surface area contributed by atoms with Crippen molar-refractivity contribution in [3.05, 3.63) is 82.4 Å². The number of rotatable bonds is 10. The predicted molar refractivity (Wildman–Crippen MR) is 139 cm³/mol. The van der Waals surface area contributed by atoms with Gasteiger partial charge in [0.2, 0.25) is 5.91 Å². The summed E-state index contributed by atoms with van der Waals surface area (Å²) in [5, 5.41) is 11.3. The van der Waals surface area contributed by atoms with Crippen LogP contribution in [0.4, 0.5) is 0 Å². The van der Waals surface area contributed by atoms with Crippen LogP contribution in [0.2, 0.25) is 10.0 Å². The summed E-state index contributed by atoms with van der Waals surface area (Å²) in [7, 11) is 0. The lowest BCUT2D eigenvalue weighted by molar-refractivity contribution is -0.146. The fourth-order valence-corrected chi connectivity index (χ4v) is 5.12. The summed E-state index contributed by atoms with van der Waals surface area (Å²) in [4.78, 5) is 15.8. The van der Waals surface area contributed by atoms with Crippen molar-refractivity contribution in [3.63, 3.8) is 0 Å². The van der Waals surface area contributed by atoms with Crippen molar-refractivity contribution in [1.82, 2.24) is 4.90 Å². The van der Waals surface area contributed by atoms with E-state index in [2.05, 4.69) is 19.6 Å². The zero-order valence-electron chi connectivity index (χ0n) is 20.2. The van der Waals surface area contributed by atoms with Crippen LogP contribution < -0.4 is 0 Å². The van der Waals surface area contributed by atoms with Crippen molar-refractivity contribution in [1.29, 1.82) is 0 Å². The van der Waals surface area contributed by atoms with E-state index in [1.165, 1.54) is 0 Å². The molecule has 1 aliphatic rings. The zero-order valence-corrected chi connectivity index (χ0v) is 21.7. The van der Waals surface area contributed by atoms with E-state index in [0.29, 0.717) is 29.5 Å². The number of nitrogens with zero attached hydrogens (tertiary/aromatic N) is 1. The molecule has 1 heterocycles. The molecule has 4 atom stereocenters. The van der Waals surface area contributed by atoms with Gasteiger partial charge in [-0.05, 0) is 75.4 Å². The van der Waals surface area contributed by atoms with Crippen molar-refractivity contribution in [2.24, 2.45) is 5.92 Å². The summed E-state index contributed by atoms with van der Waals surface area (Å²) >= 11 is 12.6. The van der Waals surface area contributed by atoms with E-state index in [1.54, 1.807) is 13.8 Å². The molecule has 2 aromatic rings. The van der Waals surface area contributed by atoms with Gasteiger partial charge in [-0.25, -0.2) is 0 Å². The monoisotopic (exact) mass is 503 g/mol. The summed E-state index contributed by atoms with van der Waals surface area (Å²) in [6.45, 7) is 10.1. The lowest BCUT2D eigenvalue weighted by atomic mass is 9.74. The molecular formula is C28H35Cl2NO3. The van der Waals surface area contributed by atoms with E-state index in [9.17, 15) is 9.90 Å². The van der Waals surface area contributed by atoms with Gasteiger partial charge in [-0.3, -0.25) is 4.79 Å². The minimum Gasteiger partial charge on any atom is -0.388 e. The number of ether oxygens (including phenoxy) is 1. The van der Waals surface area contributed by atoms with Gasteiger partial charge in [0, 0.05) is 34.5 Å². The average Bonchev–Trinajstić information content (AvgIpc) is 2.77. The number of piperidine rings is 1. The van der Waals surface area contributed by atoms with Crippen molar-refractivity contribution < 1.29 is 14.6 Å². The molecule has 0 radical (unpaired) electrons. The SMILES string of the molecule is C=CC[C@H]1C[C@H](c2cccc(Cl)c2)[C@@H](c2ccc(Cl)cc2)N([C@@H](C)CCOCC(C)(C)O)C1=O. The quantitative estimate of drug-likeness (QED) is 0.286. The Morgan fingerprint density at radius 1 is 1.18 bits per heavy atom. The number of amides is 1. The Balaban J connectivity index is 1.98. The molecule has 1 N–H and O–H groups in total. The first-order valence-corrected chi connectivity index (χ1v) is 12.6. The summed E-state index contributed by atoms with van der Waals surface area (Å²) in [5.74, 6) is 0.0557. The Kier molecular flexibility index (Phi) is 9.22. The number of hydrogen-bond donors (Lipinski definition) is 1. The van der Waals surface area contributed by atoms with Gasteiger partial charge >= 0.3 is 0 Å². The molecule has 3 rings (SSSR count). The number of hydrogen-bond acceptors (Lipinski definition) is 3. The highest BCUT2D eigenvalue weighted by atomic mass is 35.5. The van der Waals surface area contributed by atoms with Crippen molar-refractivity contribution >= 4 is 29.1 Å². The smallest absolute Gasteiger partial charge is 0.226 e. The highest BCUT2D eigenvalue weighted by Gasteiger charge is 2.44. The zero-order chi connectivity index (χ0) is 24.9. The lowest BCUT2D eigenvalue weighted by Gasteiger charge is -2.48. The van der Waals surface area contributed by atoms with E-state index >= 15 is 0 Å². The summed E-state index contributed by atoms with van der Waals surface area (Å²) in [6, 6.07) is 15.5. The fraction of sp³-hybridized carbons (Fsp3) is 0.464. The summed E-state index contributed by atoms with van der Waals surface area (Å²) in [6.07, 6.45) is 3.84. The standard InChI is InChI=1S/C28H35Cl2NO3/c1-5-7-22-17-25(21-8-6-9-24(30)16-21)26(20-10-12-23(29)13-11-20)31(27(22)32)19(2)14-15-34-18-28(3,4)33/h5-6,8-13,16,19,22,25-26,33H,1,7,14-15,17-18H2,2-4H3/t19-,22-,25+,26+/m0/s1. The number of carbonyl (C=O) groups excluding carboxylic acids is 1. The second-order valence-electron chi connectivity index (χ2n) is 9.86. The number of halogens is 2. The average molecular weight is 504 g/mol. The molecule has 0 unspecified atom stereocenters. The second kappa shape index (κ2) is 11.7. The van der Waals surface area contributed by atoms with E-state index in [4.69, 9.17) is 27.9 Å². The predicted octanol–water partition coefficient (Wildman–Crippen LogP) is 6.81. The number of likely N-dealkylation sites (tertiary alicyclic amines) is 1. The van der Waals surface area contributed by atoms with E-state index < -0.39 is 5.60 Å². The van der Waals surface area contributed by atoms with Crippen LogP contribution in [-0.2, 0) is 9.53 Å². The van der Waals surface area contributed by atoms with Gasteiger partial charge in [0.1, 0.15) is 0 Å². The summed E-state index contributed by atoms with van der Waals surface area (Å²) in [5.41, 5.74) is 1.27. The molecule has 4 nitrogen and oxygen atoms in total. The van der Waals surface area contributed by atoms with Gasteiger partial charge < -0.3 is 14.7 Å². The molecule has 1 saturated heterocycles. The third-order valence-electron chi connectivity index (χ3n) is 6.37. The molecule has 0 aromatic heterocycles.